The molecule has 0 bridgehead atoms. The maximum absolute atomic E-state index is 11.7. The summed E-state index contributed by atoms with van der Waals surface area (Å²) >= 11 is 1.46. The molecule has 4 nitrogen and oxygen atoms in total. The number of ether oxygens (including phenoxy) is 1. The minimum absolute atomic E-state index is 0.337. The van der Waals surface area contributed by atoms with Crippen LogP contribution in [0, 0.1) is 11.3 Å². The fourth-order valence-electron chi connectivity index (χ4n) is 2.09. The summed E-state index contributed by atoms with van der Waals surface area (Å²) in [5.41, 5.74) is 2.51. The molecule has 0 amide bonds. The van der Waals surface area contributed by atoms with Gasteiger partial charge in [-0.3, -0.25) is 0 Å². The van der Waals surface area contributed by atoms with Crippen LogP contribution in [0.1, 0.15) is 44.1 Å². The molecule has 100 valence electrons. The Bertz CT molecular complexity index is 424. The van der Waals surface area contributed by atoms with Crippen LogP contribution in [-0.2, 0) is 4.74 Å². The van der Waals surface area contributed by atoms with E-state index in [2.05, 4.69) is 24.1 Å². The summed E-state index contributed by atoms with van der Waals surface area (Å²) in [5.74, 6) is 0.333. The van der Waals surface area contributed by atoms with E-state index in [9.17, 15) is 4.79 Å². The molecular weight excluding hydrogens is 248 g/mol. The lowest BCUT2D eigenvalue weighted by atomic mass is 9.92. The van der Waals surface area contributed by atoms with E-state index in [0.29, 0.717) is 23.6 Å². The van der Waals surface area contributed by atoms with Gasteiger partial charge in [0.15, 0.2) is 5.69 Å². The van der Waals surface area contributed by atoms with Crippen LogP contribution in [-0.4, -0.2) is 24.1 Å². The third-order valence-electron chi connectivity index (χ3n) is 3.75. The van der Waals surface area contributed by atoms with Crippen LogP contribution in [0.4, 0.5) is 5.00 Å². The topological polar surface area (TPSA) is 51.2 Å². The zero-order chi connectivity index (χ0) is 13.2. The molecule has 0 radical (unpaired) electrons. The van der Waals surface area contributed by atoms with Crippen LogP contribution in [0.25, 0.3) is 0 Å². The van der Waals surface area contributed by atoms with Gasteiger partial charge < -0.3 is 10.1 Å². The van der Waals surface area contributed by atoms with E-state index in [1.54, 1.807) is 12.4 Å². The van der Waals surface area contributed by atoms with E-state index in [1.165, 1.54) is 24.2 Å². The lowest BCUT2D eigenvalue weighted by Crippen LogP contribution is -2.21. The molecule has 1 heterocycles. The number of nitrogens with zero attached hydrogens (tertiary/aromatic N) is 1. The average molecular weight is 268 g/mol. The fraction of sp³-hybridized carbons (Fsp3) is 0.692. The Balaban J connectivity index is 1.98. The summed E-state index contributed by atoms with van der Waals surface area (Å²) in [6, 6.07) is 0. The predicted octanol–water partition coefficient (Wildman–Crippen LogP) is 3.17. The summed E-state index contributed by atoms with van der Waals surface area (Å²) in [4.78, 5) is 15.8. The van der Waals surface area contributed by atoms with Gasteiger partial charge in [-0.15, -0.1) is 11.3 Å². The highest BCUT2D eigenvalue weighted by atomic mass is 32.1. The molecule has 0 unspecified atom stereocenters. The molecule has 1 aromatic heterocycles. The SMILES string of the molecule is CCOC(=O)c1ncsc1NCC1(C(C)C)CC1. The van der Waals surface area contributed by atoms with Gasteiger partial charge in [0.1, 0.15) is 5.00 Å². The summed E-state index contributed by atoms with van der Waals surface area (Å²) in [5, 5.41) is 4.21. The molecule has 2 rings (SSSR count). The van der Waals surface area contributed by atoms with Crippen LogP contribution >= 0.6 is 11.3 Å². The van der Waals surface area contributed by atoms with Crippen molar-refractivity contribution in [3.05, 3.63) is 11.2 Å². The monoisotopic (exact) mass is 268 g/mol. The lowest BCUT2D eigenvalue weighted by Gasteiger charge is -2.20. The minimum atomic E-state index is -0.337. The second-order valence-corrected chi connectivity index (χ2v) is 5.98. The minimum Gasteiger partial charge on any atom is -0.461 e. The highest BCUT2D eigenvalue weighted by Gasteiger charge is 2.45. The molecule has 0 aromatic carbocycles. The van der Waals surface area contributed by atoms with E-state index in [-0.39, 0.29) is 5.97 Å². The third kappa shape index (κ3) is 2.66. The van der Waals surface area contributed by atoms with Gasteiger partial charge in [0.05, 0.1) is 12.1 Å². The fourth-order valence-corrected chi connectivity index (χ4v) is 2.76. The van der Waals surface area contributed by atoms with Gasteiger partial charge in [0.25, 0.3) is 0 Å². The maximum Gasteiger partial charge on any atom is 0.360 e. The van der Waals surface area contributed by atoms with E-state index in [4.69, 9.17) is 4.74 Å². The first-order valence-corrected chi connectivity index (χ1v) is 7.31. The number of aromatic nitrogens is 1. The summed E-state index contributed by atoms with van der Waals surface area (Å²) in [7, 11) is 0. The zero-order valence-corrected chi connectivity index (χ0v) is 12.0. The van der Waals surface area contributed by atoms with Crippen LogP contribution in [0.2, 0.25) is 0 Å². The number of esters is 1. The van der Waals surface area contributed by atoms with Crippen molar-refractivity contribution in [1.82, 2.24) is 4.98 Å². The smallest absolute Gasteiger partial charge is 0.360 e. The number of nitrogens with one attached hydrogen (secondary N) is 1. The van der Waals surface area contributed by atoms with Crippen molar-refractivity contribution in [3.63, 3.8) is 0 Å². The molecule has 1 fully saturated rings. The van der Waals surface area contributed by atoms with Gasteiger partial charge in [-0.25, -0.2) is 9.78 Å². The Morgan fingerprint density at radius 2 is 2.33 bits per heavy atom. The second kappa shape index (κ2) is 5.26. The zero-order valence-electron chi connectivity index (χ0n) is 11.2. The Kier molecular flexibility index (Phi) is 3.90. The number of hydrogen-bond acceptors (Lipinski definition) is 5. The normalized spacial score (nSPS) is 16.7. The Morgan fingerprint density at radius 1 is 1.61 bits per heavy atom. The predicted molar refractivity (Wildman–Crippen MR) is 73.1 cm³/mol. The average Bonchev–Trinajstić information content (AvgIpc) is 2.98. The Labute approximate surface area is 112 Å². The van der Waals surface area contributed by atoms with Crippen LogP contribution < -0.4 is 5.32 Å². The van der Waals surface area contributed by atoms with Crippen molar-refractivity contribution in [2.45, 2.75) is 33.6 Å². The second-order valence-electron chi connectivity index (χ2n) is 5.12. The number of anilines is 1. The van der Waals surface area contributed by atoms with E-state index in [1.807, 2.05) is 0 Å². The van der Waals surface area contributed by atoms with Crippen molar-refractivity contribution in [2.24, 2.45) is 11.3 Å². The number of carbonyl (C=O) groups excluding carboxylic acids is 1. The van der Waals surface area contributed by atoms with Crippen LogP contribution in [0.15, 0.2) is 5.51 Å². The van der Waals surface area contributed by atoms with Gasteiger partial charge in [-0.2, -0.15) is 0 Å². The van der Waals surface area contributed by atoms with Crippen molar-refractivity contribution in [3.8, 4) is 0 Å². The molecule has 18 heavy (non-hydrogen) atoms. The Hall–Kier alpha value is -1.10. The van der Waals surface area contributed by atoms with Gasteiger partial charge in [-0.1, -0.05) is 13.8 Å². The van der Waals surface area contributed by atoms with Gasteiger partial charge >= 0.3 is 5.97 Å². The molecule has 1 aromatic rings. The van der Waals surface area contributed by atoms with Crippen molar-refractivity contribution < 1.29 is 9.53 Å². The summed E-state index contributed by atoms with van der Waals surface area (Å²) in [6.45, 7) is 7.61. The maximum atomic E-state index is 11.7. The first kappa shape index (κ1) is 13.3. The standard InChI is InChI=1S/C13H20N2O2S/c1-4-17-12(16)10-11(18-8-15-10)14-7-13(5-6-13)9(2)3/h8-9,14H,4-7H2,1-3H3. The van der Waals surface area contributed by atoms with Crippen molar-refractivity contribution in [2.75, 3.05) is 18.5 Å². The third-order valence-corrected chi connectivity index (χ3v) is 4.54. The van der Waals surface area contributed by atoms with Gasteiger partial charge in [0.2, 0.25) is 0 Å². The first-order valence-electron chi connectivity index (χ1n) is 6.43. The van der Waals surface area contributed by atoms with E-state index < -0.39 is 0 Å². The molecule has 5 heteroatoms. The molecule has 0 atom stereocenters. The highest BCUT2D eigenvalue weighted by molar-refractivity contribution is 7.14. The van der Waals surface area contributed by atoms with E-state index in [0.717, 1.165) is 11.5 Å². The largest absolute Gasteiger partial charge is 0.461 e. The molecule has 1 saturated carbocycles. The van der Waals surface area contributed by atoms with Crippen molar-refractivity contribution in [1.29, 1.82) is 0 Å². The number of thiazole rings is 1. The highest BCUT2D eigenvalue weighted by Crippen LogP contribution is 2.51. The molecule has 0 saturated heterocycles. The van der Waals surface area contributed by atoms with Gasteiger partial charge in [0, 0.05) is 6.54 Å². The summed E-state index contributed by atoms with van der Waals surface area (Å²) < 4.78 is 4.99. The van der Waals surface area contributed by atoms with Gasteiger partial charge in [-0.05, 0) is 31.1 Å². The van der Waals surface area contributed by atoms with Crippen LogP contribution in [0.5, 0.6) is 0 Å². The van der Waals surface area contributed by atoms with Crippen LogP contribution in [0.3, 0.4) is 0 Å². The number of rotatable bonds is 6. The molecule has 0 aliphatic heterocycles. The summed E-state index contributed by atoms with van der Waals surface area (Å²) in [6.07, 6.45) is 2.54. The molecular formula is C13H20N2O2S. The molecule has 1 aliphatic rings. The first-order chi connectivity index (χ1) is 8.59. The van der Waals surface area contributed by atoms with Crippen molar-refractivity contribution >= 4 is 22.3 Å². The molecule has 1 N–H and O–H groups in total. The molecule has 1 aliphatic carbocycles. The lowest BCUT2D eigenvalue weighted by molar-refractivity contribution is 0.0521. The quantitative estimate of drug-likeness (QED) is 0.805. The number of hydrogen-bond donors (Lipinski definition) is 1. The number of carbonyl (C=O) groups is 1. The molecule has 0 spiro atoms. The Morgan fingerprint density at radius 3 is 2.89 bits per heavy atom. The van der Waals surface area contributed by atoms with E-state index >= 15 is 0 Å².